The van der Waals surface area contributed by atoms with Crippen LogP contribution in [0.25, 0.3) is 0 Å². The molecule has 7 nitrogen and oxygen atoms in total. The van der Waals surface area contributed by atoms with Crippen molar-refractivity contribution in [3.05, 3.63) is 60.4 Å². The maximum absolute atomic E-state index is 13.1. The number of rotatable bonds is 5. The van der Waals surface area contributed by atoms with Gasteiger partial charge in [-0.3, -0.25) is 4.98 Å². The SMILES string of the molecule is CS(=O)(=O)c1ccc(N2NC(C(F)(F)F)C=C2OCc2cccnc2)nc1. The molecular weight excluding hydrogens is 385 g/mol. The molecule has 0 saturated heterocycles. The maximum Gasteiger partial charge on any atom is 0.409 e. The third kappa shape index (κ3) is 4.55. The second-order valence-electron chi connectivity index (χ2n) is 5.76. The fourth-order valence-corrected chi connectivity index (χ4v) is 2.84. The van der Waals surface area contributed by atoms with Gasteiger partial charge in [-0.25, -0.2) is 23.8 Å². The first-order valence-electron chi connectivity index (χ1n) is 7.67. The van der Waals surface area contributed by atoms with Crippen LogP contribution in [0.2, 0.25) is 0 Å². The molecule has 2 aromatic rings. The Balaban J connectivity index is 1.84. The van der Waals surface area contributed by atoms with Crippen LogP contribution in [0.1, 0.15) is 5.56 Å². The average molecular weight is 400 g/mol. The third-order valence-corrected chi connectivity index (χ3v) is 4.74. The highest BCUT2D eigenvalue weighted by Crippen LogP contribution is 2.30. The predicted octanol–water partition coefficient (Wildman–Crippen LogP) is 2.19. The summed E-state index contributed by atoms with van der Waals surface area (Å²) in [7, 11) is -3.47. The number of nitrogens with one attached hydrogen (secondary N) is 1. The molecule has 1 N–H and O–H groups in total. The molecule has 0 aromatic carbocycles. The number of halogens is 3. The number of hydrogen-bond donors (Lipinski definition) is 1. The lowest BCUT2D eigenvalue weighted by molar-refractivity contribution is -0.142. The van der Waals surface area contributed by atoms with Gasteiger partial charge in [0.2, 0.25) is 5.88 Å². The molecule has 1 atom stereocenters. The van der Waals surface area contributed by atoms with Crippen LogP contribution in [0.15, 0.2) is 59.7 Å². The number of aromatic nitrogens is 2. The molecule has 3 heterocycles. The molecular formula is C16H15F3N4O3S. The quantitative estimate of drug-likeness (QED) is 0.824. The van der Waals surface area contributed by atoms with Gasteiger partial charge in [0.25, 0.3) is 0 Å². The molecule has 1 aliphatic rings. The van der Waals surface area contributed by atoms with E-state index >= 15 is 0 Å². The van der Waals surface area contributed by atoms with E-state index in [1.54, 1.807) is 18.3 Å². The Morgan fingerprint density at radius 3 is 2.59 bits per heavy atom. The number of anilines is 1. The van der Waals surface area contributed by atoms with Crippen LogP contribution in [0.5, 0.6) is 0 Å². The van der Waals surface area contributed by atoms with Crippen molar-refractivity contribution in [2.45, 2.75) is 23.7 Å². The molecule has 11 heteroatoms. The summed E-state index contributed by atoms with van der Waals surface area (Å²) in [5.74, 6) is -0.0348. The van der Waals surface area contributed by atoms with Crippen molar-refractivity contribution < 1.29 is 26.3 Å². The topological polar surface area (TPSA) is 84.4 Å². The first-order valence-corrected chi connectivity index (χ1v) is 9.56. The van der Waals surface area contributed by atoms with E-state index in [2.05, 4.69) is 15.4 Å². The molecule has 0 saturated carbocycles. The summed E-state index contributed by atoms with van der Waals surface area (Å²) in [5, 5.41) is 1.03. The largest absolute Gasteiger partial charge is 0.473 e. The number of ether oxygens (including phenoxy) is 1. The average Bonchev–Trinajstić information content (AvgIpc) is 3.05. The Bertz CT molecular complexity index is 932. The monoisotopic (exact) mass is 400 g/mol. The molecule has 0 radical (unpaired) electrons. The molecule has 0 fully saturated rings. The zero-order valence-electron chi connectivity index (χ0n) is 14.0. The smallest absolute Gasteiger partial charge is 0.409 e. The van der Waals surface area contributed by atoms with Crippen molar-refractivity contribution in [3.63, 3.8) is 0 Å². The molecule has 1 unspecified atom stereocenters. The highest BCUT2D eigenvalue weighted by Gasteiger charge is 2.44. The lowest BCUT2D eigenvalue weighted by Gasteiger charge is -2.23. The summed E-state index contributed by atoms with van der Waals surface area (Å²) < 4.78 is 67.9. The van der Waals surface area contributed by atoms with Gasteiger partial charge in [-0.2, -0.15) is 13.2 Å². The number of sulfone groups is 1. The Kier molecular flexibility index (Phi) is 5.07. The van der Waals surface area contributed by atoms with E-state index in [4.69, 9.17) is 4.74 Å². The van der Waals surface area contributed by atoms with Crippen LogP contribution in [0.3, 0.4) is 0 Å². The van der Waals surface area contributed by atoms with Crippen LogP contribution in [0, 0.1) is 0 Å². The second-order valence-corrected chi connectivity index (χ2v) is 7.78. The van der Waals surface area contributed by atoms with Crippen molar-refractivity contribution in [1.82, 2.24) is 15.4 Å². The molecule has 3 rings (SSSR count). The molecule has 0 aliphatic carbocycles. The molecule has 2 aromatic heterocycles. The summed E-state index contributed by atoms with van der Waals surface area (Å²) in [4.78, 5) is 7.81. The van der Waals surface area contributed by atoms with Crippen LogP contribution >= 0.6 is 0 Å². The number of nitrogens with zero attached hydrogens (tertiary/aromatic N) is 3. The van der Waals surface area contributed by atoms with Crippen molar-refractivity contribution in [2.75, 3.05) is 11.3 Å². The summed E-state index contributed by atoms with van der Waals surface area (Å²) in [6.45, 7) is 0.00382. The van der Waals surface area contributed by atoms with Crippen molar-refractivity contribution in [2.24, 2.45) is 0 Å². The fourth-order valence-electron chi connectivity index (χ4n) is 2.28. The minimum absolute atomic E-state index is 0.00382. The van der Waals surface area contributed by atoms with E-state index in [0.717, 1.165) is 23.5 Å². The lowest BCUT2D eigenvalue weighted by Crippen LogP contribution is -2.45. The number of hydrogen-bond acceptors (Lipinski definition) is 7. The van der Waals surface area contributed by atoms with Crippen molar-refractivity contribution in [3.8, 4) is 0 Å². The second kappa shape index (κ2) is 7.16. The maximum atomic E-state index is 13.1. The number of pyridine rings is 2. The lowest BCUT2D eigenvalue weighted by atomic mass is 10.3. The van der Waals surface area contributed by atoms with Crippen molar-refractivity contribution in [1.29, 1.82) is 0 Å². The highest BCUT2D eigenvalue weighted by molar-refractivity contribution is 7.90. The van der Waals surface area contributed by atoms with Gasteiger partial charge >= 0.3 is 6.18 Å². The summed E-state index contributed by atoms with van der Waals surface area (Å²) >= 11 is 0. The van der Waals surface area contributed by atoms with Gasteiger partial charge in [0, 0.05) is 36.5 Å². The van der Waals surface area contributed by atoms with Crippen molar-refractivity contribution >= 4 is 15.7 Å². The van der Waals surface area contributed by atoms with Gasteiger partial charge < -0.3 is 4.74 Å². The Hall–Kier alpha value is -2.66. The minimum atomic E-state index is -4.54. The van der Waals surface area contributed by atoms with Crippen LogP contribution in [-0.4, -0.2) is 36.9 Å². The van der Waals surface area contributed by atoms with E-state index < -0.39 is 22.1 Å². The summed E-state index contributed by atoms with van der Waals surface area (Å²) in [5.41, 5.74) is 2.93. The van der Waals surface area contributed by atoms with Crippen LogP contribution < -0.4 is 10.4 Å². The first-order chi connectivity index (χ1) is 12.6. The fraction of sp³-hybridized carbons (Fsp3) is 0.250. The van der Waals surface area contributed by atoms with E-state index in [1.807, 2.05) is 0 Å². The van der Waals surface area contributed by atoms with E-state index in [1.165, 1.54) is 18.3 Å². The zero-order valence-corrected chi connectivity index (χ0v) is 14.8. The van der Waals surface area contributed by atoms with E-state index in [-0.39, 0.29) is 23.2 Å². The molecule has 144 valence electrons. The van der Waals surface area contributed by atoms with Crippen LogP contribution in [-0.2, 0) is 21.2 Å². The number of hydrazine groups is 1. The highest BCUT2D eigenvalue weighted by atomic mass is 32.2. The predicted molar refractivity (Wildman–Crippen MR) is 89.9 cm³/mol. The minimum Gasteiger partial charge on any atom is -0.473 e. The van der Waals surface area contributed by atoms with Gasteiger partial charge in [-0.1, -0.05) is 6.07 Å². The molecule has 27 heavy (non-hydrogen) atoms. The molecule has 0 spiro atoms. The van der Waals surface area contributed by atoms with Gasteiger partial charge in [-0.05, 0) is 18.2 Å². The summed E-state index contributed by atoms with van der Waals surface area (Å²) in [6, 6.07) is 4.00. The first kappa shape index (κ1) is 19.1. The van der Waals surface area contributed by atoms with E-state index in [9.17, 15) is 21.6 Å². The van der Waals surface area contributed by atoms with Gasteiger partial charge in [0.05, 0.1) is 4.90 Å². The third-order valence-electron chi connectivity index (χ3n) is 3.64. The van der Waals surface area contributed by atoms with Gasteiger partial charge in [0.1, 0.15) is 18.5 Å². The Labute approximate surface area is 153 Å². The van der Waals surface area contributed by atoms with E-state index in [0.29, 0.717) is 5.56 Å². The number of alkyl halides is 3. The summed E-state index contributed by atoms with van der Waals surface area (Å²) in [6.07, 6.45) is 1.55. The van der Waals surface area contributed by atoms with Crippen LogP contribution in [0.4, 0.5) is 19.0 Å². The molecule has 0 amide bonds. The molecule has 0 bridgehead atoms. The Morgan fingerprint density at radius 2 is 2.04 bits per heavy atom. The molecule has 1 aliphatic heterocycles. The zero-order chi connectivity index (χ0) is 19.7. The normalized spacial score (nSPS) is 17.7. The van der Waals surface area contributed by atoms with Gasteiger partial charge in [-0.15, -0.1) is 0 Å². The Morgan fingerprint density at radius 1 is 1.26 bits per heavy atom. The standard InChI is InChI=1S/C16H15F3N4O3S/c1-27(24,25)12-4-5-14(21-9-12)23-15(7-13(22-23)16(17,18)19)26-10-11-3-2-6-20-8-11/h2-9,13,22H,10H2,1H3. The van der Waals surface area contributed by atoms with Gasteiger partial charge in [0.15, 0.2) is 9.84 Å².